The number of nitrogens with one attached hydrogen (secondary N) is 1. The van der Waals surface area contributed by atoms with Crippen molar-refractivity contribution in [3.8, 4) is 11.3 Å². The molecule has 0 spiro atoms. The molecule has 0 fully saturated rings. The van der Waals surface area contributed by atoms with Gasteiger partial charge in [0.1, 0.15) is 17.0 Å². The highest BCUT2D eigenvalue weighted by molar-refractivity contribution is 5.95. The maximum Gasteiger partial charge on any atom is 0.230 e. The quantitative estimate of drug-likeness (QED) is 0.460. The van der Waals surface area contributed by atoms with Crippen molar-refractivity contribution in [1.82, 2.24) is 5.16 Å². The second-order valence-corrected chi connectivity index (χ2v) is 6.58. The molecule has 1 N–H and O–H groups in total. The van der Waals surface area contributed by atoms with Crippen molar-refractivity contribution < 1.29 is 13.7 Å². The number of benzene rings is 3. The normalized spacial score (nSPS) is 11.1. The van der Waals surface area contributed by atoms with Crippen LogP contribution in [0.4, 0.5) is 5.69 Å². The van der Waals surface area contributed by atoms with Crippen LogP contribution in [-0.2, 0) is 11.2 Å². The van der Waals surface area contributed by atoms with Gasteiger partial charge in [-0.1, -0.05) is 35.5 Å². The number of carbonyl (C=O) groups is 1. The van der Waals surface area contributed by atoms with Crippen LogP contribution in [0.2, 0.25) is 0 Å². The van der Waals surface area contributed by atoms with Crippen LogP contribution >= 0.6 is 0 Å². The van der Waals surface area contributed by atoms with E-state index in [2.05, 4.69) is 10.5 Å². The third kappa shape index (κ3) is 3.03. The summed E-state index contributed by atoms with van der Waals surface area (Å²) in [5.41, 5.74) is 3.84. The zero-order valence-corrected chi connectivity index (χ0v) is 14.9. The van der Waals surface area contributed by atoms with E-state index in [4.69, 9.17) is 8.94 Å². The van der Waals surface area contributed by atoms with E-state index >= 15 is 0 Å². The Morgan fingerprint density at radius 1 is 0.893 bits per heavy atom. The lowest BCUT2D eigenvalue weighted by molar-refractivity contribution is -0.115. The lowest BCUT2D eigenvalue weighted by Crippen LogP contribution is -2.14. The molecule has 136 valence electrons. The summed E-state index contributed by atoms with van der Waals surface area (Å²) in [5.74, 6) is 0.656. The van der Waals surface area contributed by atoms with Crippen molar-refractivity contribution in [1.29, 1.82) is 0 Å². The highest BCUT2D eigenvalue weighted by Gasteiger charge is 2.12. The van der Waals surface area contributed by atoms with Gasteiger partial charge in [-0.05, 0) is 48.5 Å². The minimum Gasteiger partial charge on any atom is -0.456 e. The summed E-state index contributed by atoms with van der Waals surface area (Å²) < 4.78 is 11.1. The summed E-state index contributed by atoms with van der Waals surface area (Å²) in [7, 11) is 0. The van der Waals surface area contributed by atoms with E-state index in [1.165, 1.54) is 0 Å². The number of carbonyl (C=O) groups excluding carboxylic acids is 1. The zero-order chi connectivity index (χ0) is 18.9. The molecule has 0 aliphatic heterocycles. The number of anilines is 1. The van der Waals surface area contributed by atoms with Crippen LogP contribution in [0.15, 0.2) is 87.8 Å². The van der Waals surface area contributed by atoms with E-state index in [0.29, 0.717) is 11.3 Å². The van der Waals surface area contributed by atoms with Crippen molar-refractivity contribution in [3.63, 3.8) is 0 Å². The molecular formula is C23H16N2O3. The first kappa shape index (κ1) is 16.3. The molecule has 0 atom stereocenters. The first-order chi connectivity index (χ1) is 13.8. The highest BCUT2D eigenvalue weighted by Crippen LogP contribution is 2.28. The number of fused-ring (bicyclic) bond motifs is 2. The minimum atomic E-state index is -0.143. The van der Waals surface area contributed by atoms with Gasteiger partial charge in [0.2, 0.25) is 5.91 Å². The molecule has 5 nitrogen and oxygen atoms in total. The van der Waals surface area contributed by atoms with Gasteiger partial charge in [0, 0.05) is 22.0 Å². The van der Waals surface area contributed by atoms with Crippen LogP contribution in [-0.4, -0.2) is 11.1 Å². The van der Waals surface area contributed by atoms with E-state index < -0.39 is 0 Å². The Bertz CT molecular complexity index is 1250. The molecule has 5 heteroatoms. The molecule has 3 aromatic carbocycles. The van der Waals surface area contributed by atoms with Crippen LogP contribution in [0.25, 0.3) is 33.3 Å². The smallest absolute Gasteiger partial charge is 0.230 e. The largest absolute Gasteiger partial charge is 0.456 e. The molecule has 0 aliphatic rings. The number of para-hydroxylation sites is 2. The highest BCUT2D eigenvalue weighted by atomic mass is 16.5. The first-order valence-corrected chi connectivity index (χ1v) is 8.98. The number of rotatable bonds is 4. The fourth-order valence-corrected chi connectivity index (χ4v) is 3.26. The van der Waals surface area contributed by atoms with Gasteiger partial charge < -0.3 is 14.3 Å². The van der Waals surface area contributed by atoms with Crippen molar-refractivity contribution in [2.45, 2.75) is 6.42 Å². The Hall–Kier alpha value is -3.86. The molecule has 2 heterocycles. The van der Waals surface area contributed by atoms with Crippen LogP contribution in [0.3, 0.4) is 0 Å². The van der Waals surface area contributed by atoms with Crippen molar-refractivity contribution in [2.24, 2.45) is 0 Å². The average molecular weight is 368 g/mol. The summed E-state index contributed by atoms with van der Waals surface area (Å²) in [6, 6.07) is 25.0. The predicted molar refractivity (Wildman–Crippen MR) is 108 cm³/mol. The molecule has 0 saturated heterocycles. The fourth-order valence-electron chi connectivity index (χ4n) is 3.26. The molecule has 0 radical (unpaired) electrons. The molecule has 2 aromatic heterocycles. The SMILES string of the molecule is O=C(Cc1noc2ccccc12)Nc1ccc(-c2cc3ccccc3o2)cc1. The molecule has 0 saturated carbocycles. The number of aromatic nitrogens is 1. The number of hydrogen-bond acceptors (Lipinski definition) is 4. The summed E-state index contributed by atoms with van der Waals surface area (Å²) in [4.78, 5) is 12.4. The number of furan rings is 1. The molecular weight excluding hydrogens is 352 g/mol. The molecule has 0 bridgehead atoms. The van der Waals surface area contributed by atoms with Crippen LogP contribution in [0, 0.1) is 0 Å². The molecule has 28 heavy (non-hydrogen) atoms. The zero-order valence-electron chi connectivity index (χ0n) is 14.9. The van der Waals surface area contributed by atoms with Crippen molar-refractivity contribution in [2.75, 3.05) is 5.32 Å². The Balaban J connectivity index is 1.31. The predicted octanol–water partition coefficient (Wildman–Crippen LogP) is 5.42. The molecule has 5 rings (SSSR count). The average Bonchev–Trinajstić information content (AvgIpc) is 3.33. The van der Waals surface area contributed by atoms with E-state index in [1.54, 1.807) is 0 Å². The molecule has 5 aromatic rings. The van der Waals surface area contributed by atoms with Gasteiger partial charge in [-0.3, -0.25) is 4.79 Å². The lowest BCUT2D eigenvalue weighted by atomic mass is 10.1. The molecule has 1 amide bonds. The topological polar surface area (TPSA) is 68.3 Å². The van der Waals surface area contributed by atoms with Crippen molar-refractivity contribution >= 4 is 33.5 Å². The van der Waals surface area contributed by atoms with Crippen molar-refractivity contribution in [3.05, 3.63) is 84.6 Å². The monoisotopic (exact) mass is 368 g/mol. The second kappa shape index (κ2) is 6.70. The van der Waals surface area contributed by atoms with E-state index in [-0.39, 0.29) is 12.3 Å². The first-order valence-electron chi connectivity index (χ1n) is 8.98. The van der Waals surface area contributed by atoms with E-state index in [1.807, 2.05) is 78.9 Å². The Morgan fingerprint density at radius 3 is 2.46 bits per heavy atom. The van der Waals surface area contributed by atoms with Crippen LogP contribution in [0.1, 0.15) is 5.69 Å². The third-order valence-electron chi connectivity index (χ3n) is 4.66. The molecule has 0 unspecified atom stereocenters. The van der Waals surface area contributed by atoms with Gasteiger partial charge in [-0.25, -0.2) is 0 Å². The van der Waals surface area contributed by atoms with Gasteiger partial charge in [0.25, 0.3) is 0 Å². The van der Waals surface area contributed by atoms with Gasteiger partial charge in [-0.15, -0.1) is 0 Å². The minimum absolute atomic E-state index is 0.143. The number of amides is 1. The third-order valence-corrected chi connectivity index (χ3v) is 4.66. The van der Waals surface area contributed by atoms with Gasteiger partial charge in [0.05, 0.1) is 6.42 Å². The van der Waals surface area contributed by atoms with Gasteiger partial charge >= 0.3 is 0 Å². The van der Waals surface area contributed by atoms with Gasteiger partial charge in [0.15, 0.2) is 5.58 Å². The maximum absolute atomic E-state index is 12.4. The fraction of sp³-hybridized carbons (Fsp3) is 0.0435. The van der Waals surface area contributed by atoms with Crippen LogP contribution in [0.5, 0.6) is 0 Å². The summed E-state index contributed by atoms with van der Waals surface area (Å²) in [5, 5.41) is 8.83. The second-order valence-electron chi connectivity index (χ2n) is 6.58. The van der Waals surface area contributed by atoms with Crippen LogP contribution < -0.4 is 5.32 Å². The Kier molecular flexibility index (Phi) is 3.91. The van der Waals surface area contributed by atoms with Gasteiger partial charge in [-0.2, -0.15) is 0 Å². The summed E-state index contributed by atoms with van der Waals surface area (Å²) in [6.45, 7) is 0. The lowest BCUT2D eigenvalue weighted by Gasteiger charge is -2.05. The molecule has 0 aliphatic carbocycles. The van der Waals surface area contributed by atoms with E-state index in [0.717, 1.165) is 33.4 Å². The summed E-state index contributed by atoms with van der Waals surface area (Å²) >= 11 is 0. The summed E-state index contributed by atoms with van der Waals surface area (Å²) in [6.07, 6.45) is 0.155. The number of hydrogen-bond donors (Lipinski definition) is 1. The maximum atomic E-state index is 12.4. The standard InChI is InChI=1S/C23H16N2O3/c26-23(14-19-18-6-2-4-8-21(18)28-25-19)24-17-11-9-15(10-12-17)22-13-16-5-1-3-7-20(16)27-22/h1-13H,14H2,(H,24,26). The Morgan fingerprint density at radius 2 is 1.64 bits per heavy atom. The van der Waals surface area contributed by atoms with E-state index in [9.17, 15) is 4.79 Å². The Labute approximate surface area is 160 Å². The number of nitrogens with zero attached hydrogens (tertiary/aromatic N) is 1.